The van der Waals surface area contributed by atoms with Gasteiger partial charge in [0.1, 0.15) is 0 Å². The molecular weight excluding hydrogens is 296 g/mol. The second-order valence-electron chi connectivity index (χ2n) is 5.47. The molecule has 2 N–H and O–H groups in total. The van der Waals surface area contributed by atoms with Gasteiger partial charge in [0.2, 0.25) is 11.8 Å². The van der Waals surface area contributed by atoms with Crippen LogP contribution in [0.5, 0.6) is 11.5 Å². The summed E-state index contributed by atoms with van der Waals surface area (Å²) in [4.78, 5) is 25.2. The van der Waals surface area contributed by atoms with E-state index in [1.54, 1.807) is 37.3 Å². The molecule has 1 heterocycles. The third-order valence-corrected chi connectivity index (χ3v) is 3.96. The Hall–Kier alpha value is -2.50. The number of rotatable bonds is 5. The van der Waals surface area contributed by atoms with Gasteiger partial charge < -0.3 is 20.1 Å². The Labute approximate surface area is 135 Å². The van der Waals surface area contributed by atoms with Crippen LogP contribution in [0.4, 0.5) is 0 Å². The predicted molar refractivity (Wildman–Crippen MR) is 87.1 cm³/mol. The summed E-state index contributed by atoms with van der Waals surface area (Å²) in [5.41, 5.74) is 6.17. The van der Waals surface area contributed by atoms with E-state index >= 15 is 0 Å². The highest BCUT2D eigenvalue weighted by molar-refractivity contribution is 5.92. The highest BCUT2D eigenvalue weighted by Gasteiger charge is 2.25. The Morgan fingerprint density at radius 1 is 1.26 bits per heavy atom. The summed E-state index contributed by atoms with van der Waals surface area (Å²) in [5.74, 6) is 0.532. The van der Waals surface area contributed by atoms with Crippen LogP contribution in [-0.2, 0) is 9.59 Å². The van der Waals surface area contributed by atoms with E-state index in [0.717, 1.165) is 18.4 Å². The number of hydrogen-bond donors (Lipinski definition) is 1. The lowest BCUT2D eigenvalue weighted by Gasteiger charge is -2.30. The molecule has 23 heavy (non-hydrogen) atoms. The number of likely N-dealkylation sites (tertiary alicyclic amines) is 1. The average molecular weight is 318 g/mol. The van der Waals surface area contributed by atoms with E-state index in [0.29, 0.717) is 24.6 Å². The molecule has 0 aliphatic carbocycles. The second-order valence-corrected chi connectivity index (χ2v) is 5.47. The van der Waals surface area contributed by atoms with Crippen LogP contribution >= 0.6 is 0 Å². The summed E-state index contributed by atoms with van der Waals surface area (Å²) in [6, 6.07) is 5.42. The number of methoxy groups -OCH3 is 2. The minimum atomic E-state index is -0.341. The first-order chi connectivity index (χ1) is 11.0. The summed E-state index contributed by atoms with van der Waals surface area (Å²) in [5, 5.41) is 0. The molecule has 1 aromatic carbocycles. The third-order valence-electron chi connectivity index (χ3n) is 3.96. The Kier molecular flexibility index (Phi) is 5.62. The van der Waals surface area contributed by atoms with Crippen molar-refractivity contribution in [3.05, 3.63) is 29.8 Å². The van der Waals surface area contributed by atoms with E-state index in [4.69, 9.17) is 15.2 Å². The highest BCUT2D eigenvalue weighted by atomic mass is 16.5. The van der Waals surface area contributed by atoms with E-state index in [2.05, 4.69) is 0 Å². The van der Waals surface area contributed by atoms with Crippen molar-refractivity contribution in [2.45, 2.75) is 12.8 Å². The molecule has 1 aliphatic rings. The number of hydrogen-bond acceptors (Lipinski definition) is 4. The van der Waals surface area contributed by atoms with Crippen molar-refractivity contribution in [2.24, 2.45) is 11.7 Å². The molecule has 0 aromatic heterocycles. The van der Waals surface area contributed by atoms with Gasteiger partial charge >= 0.3 is 0 Å². The maximum Gasteiger partial charge on any atom is 0.246 e. The minimum Gasteiger partial charge on any atom is -0.493 e. The van der Waals surface area contributed by atoms with Crippen molar-refractivity contribution >= 4 is 17.9 Å². The fraction of sp³-hybridized carbons (Fsp3) is 0.412. The van der Waals surface area contributed by atoms with Crippen LogP contribution in [0.2, 0.25) is 0 Å². The molecule has 1 atom stereocenters. The standard InChI is InChI=1S/C17H22N2O4/c1-22-14-7-5-12(10-15(14)23-2)6-8-16(20)19-9-3-4-13(11-19)17(18)21/h5-8,10,13H,3-4,9,11H2,1-2H3,(H2,18,21). The Morgan fingerprint density at radius 2 is 2.00 bits per heavy atom. The van der Waals surface area contributed by atoms with Crippen molar-refractivity contribution in [3.8, 4) is 11.5 Å². The van der Waals surface area contributed by atoms with Gasteiger partial charge in [-0.25, -0.2) is 0 Å². The van der Waals surface area contributed by atoms with E-state index in [1.807, 2.05) is 6.07 Å². The number of ether oxygens (including phenoxy) is 2. The first-order valence-corrected chi connectivity index (χ1v) is 7.53. The fourth-order valence-corrected chi connectivity index (χ4v) is 2.64. The van der Waals surface area contributed by atoms with Gasteiger partial charge in [-0.1, -0.05) is 6.07 Å². The molecule has 0 spiro atoms. The van der Waals surface area contributed by atoms with Gasteiger partial charge in [-0.05, 0) is 36.6 Å². The first-order valence-electron chi connectivity index (χ1n) is 7.53. The maximum absolute atomic E-state index is 12.2. The molecule has 6 nitrogen and oxygen atoms in total. The Balaban J connectivity index is 2.04. The molecule has 1 aliphatic heterocycles. The van der Waals surface area contributed by atoms with E-state index in [-0.39, 0.29) is 17.7 Å². The second kappa shape index (κ2) is 7.67. The number of nitrogens with two attached hydrogens (primary N) is 1. The molecule has 2 amide bonds. The van der Waals surface area contributed by atoms with Crippen LogP contribution in [-0.4, -0.2) is 44.0 Å². The van der Waals surface area contributed by atoms with Crippen LogP contribution in [0, 0.1) is 5.92 Å². The van der Waals surface area contributed by atoms with Crippen LogP contribution in [0.15, 0.2) is 24.3 Å². The zero-order chi connectivity index (χ0) is 16.8. The van der Waals surface area contributed by atoms with Gasteiger partial charge in [-0.15, -0.1) is 0 Å². The van der Waals surface area contributed by atoms with Gasteiger partial charge in [0, 0.05) is 19.2 Å². The zero-order valence-electron chi connectivity index (χ0n) is 13.5. The third kappa shape index (κ3) is 4.25. The molecule has 1 unspecified atom stereocenters. The summed E-state index contributed by atoms with van der Waals surface area (Å²) in [6.07, 6.45) is 4.77. The molecule has 124 valence electrons. The number of piperidine rings is 1. The molecular formula is C17H22N2O4. The zero-order valence-corrected chi connectivity index (χ0v) is 13.5. The SMILES string of the molecule is COc1ccc(C=CC(=O)N2CCCC(C(N)=O)C2)cc1OC. The molecule has 1 fully saturated rings. The topological polar surface area (TPSA) is 81.9 Å². The van der Waals surface area contributed by atoms with Gasteiger partial charge in [0.25, 0.3) is 0 Å². The van der Waals surface area contributed by atoms with Gasteiger partial charge in [0.15, 0.2) is 11.5 Å². The molecule has 0 bridgehead atoms. The van der Waals surface area contributed by atoms with Crippen molar-refractivity contribution in [3.63, 3.8) is 0 Å². The normalized spacial score (nSPS) is 18.0. The van der Waals surface area contributed by atoms with Crippen molar-refractivity contribution in [2.75, 3.05) is 27.3 Å². The number of carbonyl (C=O) groups is 2. The summed E-state index contributed by atoms with van der Waals surface area (Å²) < 4.78 is 10.4. The molecule has 0 saturated carbocycles. The maximum atomic E-state index is 12.2. The van der Waals surface area contributed by atoms with Crippen LogP contribution in [0.1, 0.15) is 18.4 Å². The summed E-state index contributed by atoms with van der Waals surface area (Å²) in [7, 11) is 3.14. The average Bonchev–Trinajstić information content (AvgIpc) is 2.59. The van der Waals surface area contributed by atoms with Crippen molar-refractivity contribution in [1.82, 2.24) is 4.90 Å². The smallest absolute Gasteiger partial charge is 0.246 e. The van der Waals surface area contributed by atoms with Crippen molar-refractivity contribution < 1.29 is 19.1 Å². The highest BCUT2D eigenvalue weighted by Crippen LogP contribution is 2.28. The molecule has 2 rings (SSSR count). The number of amides is 2. The molecule has 0 radical (unpaired) electrons. The summed E-state index contributed by atoms with van der Waals surface area (Å²) >= 11 is 0. The van der Waals surface area contributed by atoms with E-state index < -0.39 is 0 Å². The van der Waals surface area contributed by atoms with Crippen molar-refractivity contribution in [1.29, 1.82) is 0 Å². The van der Waals surface area contributed by atoms with E-state index in [1.165, 1.54) is 6.08 Å². The molecule has 1 saturated heterocycles. The Bertz CT molecular complexity index is 613. The number of carbonyl (C=O) groups excluding carboxylic acids is 2. The Morgan fingerprint density at radius 3 is 2.65 bits per heavy atom. The van der Waals surface area contributed by atoms with Crippen LogP contribution in [0.3, 0.4) is 0 Å². The van der Waals surface area contributed by atoms with Gasteiger partial charge in [-0.3, -0.25) is 9.59 Å². The largest absolute Gasteiger partial charge is 0.493 e. The number of benzene rings is 1. The summed E-state index contributed by atoms with van der Waals surface area (Å²) in [6.45, 7) is 1.04. The first kappa shape index (κ1) is 16.9. The number of primary amides is 1. The van der Waals surface area contributed by atoms with Crippen LogP contribution < -0.4 is 15.2 Å². The molecule has 1 aromatic rings. The lowest BCUT2D eigenvalue weighted by molar-refractivity contribution is -0.130. The fourth-order valence-electron chi connectivity index (χ4n) is 2.64. The lowest BCUT2D eigenvalue weighted by Crippen LogP contribution is -2.43. The lowest BCUT2D eigenvalue weighted by atomic mass is 9.97. The van der Waals surface area contributed by atoms with Gasteiger partial charge in [0.05, 0.1) is 20.1 Å². The van der Waals surface area contributed by atoms with Crippen LogP contribution in [0.25, 0.3) is 6.08 Å². The number of nitrogens with zero attached hydrogens (tertiary/aromatic N) is 1. The minimum absolute atomic E-state index is 0.120. The predicted octanol–water partition coefficient (Wildman–Crippen LogP) is 1.44. The van der Waals surface area contributed by atoms with E-state index in [9.17, 15) is 9.59 Å². The van der Waals surface area contributed by atoms with Gasteiger partial charge in [-0.2, -0.15) is 0 Å². The monoisotopic (exact) mass is 318 g/mol. The quantitative estimate of drug-likeness (QED) is 0.833. The molecule has 6 heteroatoms.